The highest BCUT2D eigenvalue weighted by atomic mass is 17.2. The fourth-order valence-electron chi connectivity index (χ4n) is 1.54. The predicted molar refractivity (Wildman–Crippen MR) is 69.3 cm³/mol. The lowest BCUT2D eigenvalue weighted by Gasteiger charge is -2.28. The van der Waals surface area contributed by atoms with Crippen LogP contribution in [0.4, 0.5) is 0 Å². The fourth-order valence-corrected chi connectivity index (χ4v) is 1.54. The Kier molecular flexibility index (Phi) is 6.35. The first-order valence-electron chi connectivity index (χ1n) is 6.33. The SMILES string of the molecule is CCC(C)(C)OOC([C]=O)C(C)CC(C)(C)C. The van der Waals surface area contributed by atoms with E-state index in [0.717, 1.165) is 12.8 Å². The average Bonchev–Trinajstić information content (AvgIpc) is 2.15. The Bertz CT molecular complexity index is 228. The standard InChI is InChI=1S/C14H27O3/c1-8-14(6,7)17-16-12(10-15)11(2)9-13(3,4)5/h11-12H,8-9H2,1-7H3. The minimum Gasteiger partial charge on any atom is -0.288 e. The molecule has 0 aliphatic carbocycles. The molecule has 0 amide bonds. The summed E-state index contributed by atoms with van der Waals surface area (Å²) in [5, 5.41) is 0. The highest BCUT2D eigenvalue weighted by Gasteiger charge is 2.27. The van der Waals surface area contributed by atoms with Gasteiger partial charge in [-0.3, -0.25) is 4.79 Å². The van der Waals surface area contributed by atoms with E-state index in [1.807, 2.05) is 34.0 Å². The number of rotatable bonds is 7. The van der Waals surface area contributed by atoms with Gasteiger partial charge in [0.05, 0.1) is 5.60 Å². The molecule has 0 spiro atoms. The Labute approximate surface area is 106 Å². The van der Waals surface area contributed by atoms with Gasteiger partial charge >= 0.3 is 0 Å². The van der Waals surface area contributed by atoms with Crippen LogP contribution in [0, 0.1) is 11.3 Å². The summed E-state index contributed by atoms with van der Waals surface area (Å²) in [6, 6.07) is 0. The van der Waals surface area contributed by atoms with Crippen LogP contribution in [0.2, 0.25) is 0 Å². The lowest BCUT2D eigenvalue weighted by molar-refractivity contribution is -0.371. The summed E-state index contributed by atoms with van der Waals surface area (Å²) in [6.07, 6.45) is 3.03. The smallest absolute Gasteiger partial charge is 0.233 e. The Hall–Kier alpha value is -0.410. The minimum atomic E-state index is -0.611. The molecule has 0 N–H and O–H groups in total. The van der Waals surface area contributed by atoms with Gasteiger partial charge in [-0.25, -0.2) is 9.78 Å². The van der Waals surface area contributed by atoms with E-state index in [2.05, 4.69) is 20.8 Å². The summed E-state index contributed by atoms with van der Waals surface area (Å²) >= 11 is 0. The maximum atomic E-state index is 10.9. The summed E-state index contributed by atoms with van der Waals surface area (Å²) in [7, 11) is 0. The van der Waals surface area contributed by atoms with Gasteiger partial charge in [-0.2, -0.15) is 0 Å². The number of hydrogen-bond donors (Lipinski definition) is 0. The van der Waals surface area contributed by atoms with Gasteiger partial charge in [0.25, 0.3) is 0 Å². The number of carbonyl (C=O) groups excluding carboxylic acids is 1. The fraction of sp³-hybridized carbons (Fsp3) is 0.929. The molecule has 17 heavy (non-hydrogen) atoms. The third kappa shape index (κ3) is 7.50. The quantitative estimate of drug-likeness (QED) is 0.505. The van der Waals surface area contributed by atoms with Gasteiger partial charge in [-0.15, -0.1) is 0 Å². The second-order valence-electron chi connectivity index (χ2n) is 6.57. The summed E-state index contributed by atoms with van der Waals surface area (Å²) in [6.45, 7) is 14.3. The Balaban J connectivity index is 4.29. The van der Waals surface area contributed by atoms with Crippen molar-refractivity contribution < 1.29 is 14.6 Å². The van der Waals surface area contributed by atoms with Crippen LogP contribution < -0.4 is 0 Å². The highest BCUT2D eigenvalue weighted by molar-refractivity contribution is 5.57. The van der Waals surface area contributed by atoms with E-state index in [1.165, 1.54) is 0 Å². The maximum Gasteiger partial charge on any atom is 0.233 e. The Morgan fingerprint density at radius 1 is 1.18 bits per heavy atom. The van der Waals surface area contributed by atoms with Crippen molar-refractivity contribution in [1.82, 2.24) is 0 Å². The van der Waals surface area contributed by atoms with Crippen LogP contribution in [-0.2, 0) is 14.6 Å². The normalized spacial score (nSPS) is 16.6. The van der Waals surface area contributed by atoms with Crippen molar-refractivity contribution in [1.29, 1.82) is 0 Å². The minimum absolute atomic E-state index is 0.0974. The van der Waals surface area contributed by atoms with Crippen LogP contribution in [0.15, 0.2) is 0 Å². The van der Waals surface area contributed by atoms with E-state index in [4.69, 9.17) is 9.78 Å². The van der Waals surface area contributed by atoms with Crippen molar-refractivity contribution in [3.63, 3.8) is 0 Å². The molecule has 3 heteroatoms. The molecule has 0 heterocycles. The van der Waals surface area contributed by atoms with E-state index in [0.29, 0.717) is 0 Å². The third-order valence-corrected chi connectivity index (χ3v) is 2.80. The van der Waals surface area contributed by atoms with E-state index in [-0.39, 0.29) is 16.9 Å². The van der Waals surface area contributed by atoms with E-state index >= 15 is 0 Å². The third-order valence-electron chi connectivity index (χ3n) is 2.80. The molecule has 0 aromatic heterocycles. The van der Waals surface area contributed by atoms with E-state index in [1.54, 1.807) is 0 Å². The Morgan fingerprint density at radius 2 is 1.71 bits per heavy atom. The largest absolute Gasteiger partial charge is 0.288 e. The lowest BCUT2D eigenvalue weighted by Crippen LogP contribution is -2.32. The summed E-state index contributed by atoms with van der Waals surface area (Å²) < 4.78 is 0. The second-order valence-corrected chi connectivity index (χ2v) is 6.57. The second kappa shape index (κ2) is 6.50. The van der Waals surface area contributed by atoms with Crippen molar-refractivity contribution in [2.45, 2.75) is 73.0 Å². The lowest BCUT2D eigenvalue weighted by atomic mass is 9.83. The van der Waals surface area contributed by atoms with Crippen molar-refractivity contribution >= 4 is 6.29 Å². The van der Waals surface area contributed by atoms with Crippen molar-refractivity contribution in [3.05, 3.63) is 0 Å². The zero-order valence-corrected chi connectivity index (χ0v) is 12.3. The molecular formula is C14H27O3. The zero-order valence-electron chi connectivity index (χ0n) is 12.3. The molecule has 0 aromatic rings. The monoisotopic (exact) mass is 243 g/mol. The maximum absolute atomic E-state index is 10.9. The molecular weight excluding hydrogens is 216 g/mol. The van der Waals surface area contributed by atoms with Gasteiger partial charge in [0.15, 0.2) is 6.10 Å². The molecule has 0 saturated carbocycles. The molecule has 0 bridgehead atoms. The molecule has 1 radical (unpaired) electrons. The zero-order chi connectivity index (χ0) is 13.7. The van der Waals surface area contributed by atoms with Crippen LogP contribution in [0.1, 0.15) is 61.3 Å². The van der Waals surface area contributed by atoms with Crippen molar-refractivity contribution in [2.75, 3.05) is 0 Å². The molecule has 0 aromatic carbocycles. The van der Waals surface area contributed by atoms with E-state index in [9.17, 15) is 4.79 Å². The summed E-state index contributed by atoms with van der Waals surface area (Å²) in [4.78, 5) is 21.4. The van der Waals surface area contributed by atoms with E-state index < -0.39 is 6.10 Å². The molecule has 2 atom stereocenters. The van der Waals surface area contributed by atoms with Crippen LogP contribution in [0.5, 0.6) is 0 Å². The van der Waals surface area contributed by atoms with Crippen LogP contribution in [0.3, 0.4) is 0 Å². The molecule has 0 aliphatic rings. The predicted octanol–water partition coefficient (Wildman–Crippen LogP) is 3.67. The van der Waals surface area contributed by atoms with Crippen LogP contribution in [0.25, 0.3) is 0 Å². The van der Waals surface area contributed by atoms with Crippen LogP contribution >= 0.6 is 0 Å². The molecule has 2 unspecified atom stereocenters. The Morgan fingerprint density at radius 3 is 2.06 bits per heavy atom. The summed E-state index contributed by atoms with van der Waals surface area (Å²) in [5.74, 6) is 0.0974. The molecule has 0 rings (SSSR count). The first-order chi connectivity index (χ1) is 7.61. The van der Waals surface area contributed by atoms with Crippen LogP contribution in [-0.4, -0.2) is 18.0 Å². The van der Waals surface area contributed by atoms with Gasteiger partial charge < -0.3 is 0 Å². The first kappa shape index (κ1) is 16.6. The molecule has 101 valence electrons. The van der Waals surface area contributed by atoms with Gasteiger partial charge in [0.2, 0.25) is 6.29 Å². The topological polar surface area (TPSA) is 35.5 Å². The van der Waals surface area contributed by atoms with Gasteiger partial charge in [0, 0.05) is 0 Å². The number of hydrogen-bond acceptors (Lipinski definition) is 3. The molecule has 0 fully saturated rings. The van der Waals surface area contributed by atoms with Gasteiger partial charge in [0.1, 0.15) is 0 Å². The van der Waals surface area contributed by atoms with Crippen molar-refractivity contribution in [2.24, 2.45) is 11.3 Å². The first-order valence-corrected chi connectivity index (χ1v) is 6.33. The average molecular weight is 243 g/mol. The molecule has 0 aliphatic heterocycles. The van der Waals surface area contributed by atoms with Gasteiger partial charge in [-0.1, -0.05) is 34.6 Å². The van der Waals surface area contributed by atoms with Gasteiger partial charge in [-0.05, 0) is 38.0 Å². The molecule has 3 nitrogen and oxygen atoms in total. The molecule has 0 saturated heterocycles. The van der Waals surface area contributed by atoms with Crippen molar-refractivity contribution in [3.8, 4) is 0 Å². The summed E-state index contributed by atoms with van der Waals surface area (Å²) in [5.41, 5.74) is -0.200. The highest BCUT2D eigenvalue weighted by Crippen LogP contribution is 2.27.